The highest BCUT2D eigenvalue weighted by Crippen LogP contribution is 2.34. The first-order chi connectivity index (χ1) is 12.7. The molecule has 0 aliphatic heterocycles. The predicted octanol–water partition coefficient (Wildman–Crippen LogP) is 4.41. The molecule has 0 saturated heterocycles. The lowest BCUT2D eigenvalue weighted by atomic mass is 9.98. The van der Waals surface area contributed by atoms with Crippen LogP contribution in [0.25, 0.3) is 0 Å². The quantitative estimate of drug-likeness (QED) is 0.601. The average molecular weight is 415 g/mol. The highest BCUT2D eigenvalue weighted by atomic mass is 35.5. The molecular weight excluding hydrogens is 384 g/mol. The van der Waals surface area contributed by atoms with E-state index in [9.17, 15) is 13.2 Å². The molecule has 0 bridgehead atoms. The maximum Gasteiger partial charge on any atom is 0.254 e. The maximum atomic E-state index is 13.3. The van der Waals surface area contributed by atoms with E-state index < -0.39 is 10.0 Å². The number of rotatable bonds is 9. The number of halogens is 1. The van der Waals surface area contributed by atoms with Gasteiger partial charge < -0.3 is 4.90 Å². The molecular formula is C20H31ClN2O3S. The summed E-state index contributed by atoms with van der Waals surface area (Å²) in [7, 11) is -3.73. The minimum atomic E-state index is -3.73. The fourth-order valence-corrected chi connectivity index (χ4v) is 5.30. The molecule has 1 aliphatic rings. The summed E-state index contributed by atoms with van der Waals surface area (Å²) >= 11 is 6.20. The third-order valence-corrected chi connectivity index (χ3v) is 8.11. The molecule has 1 saturated carbocycles. The van der Waals surface area contributed by atoms with Crippen molar-refractivity contribution < 1.29 is 13.2 Å². The summed E-state index contributed by atoms with van der Waals surface area (Å²) < 4.78 is 27.2. The fourth-order valence-electron chi connectivity index (χ4n) is 3.34. The Hall–Kier alpha value is -1.11. The van der Waals surface area contributed by atoms with Crippen LogP contribution in [-0.2, 0) is 10.0 Å². The molecule has 152 valence electrons. The van der Waals surface area contributed by atoms with E-state index in [4.69, 9.17) is 11.6 Å². The van der Waals surface area contributed by atoms with Gasteiger partial charge >= 0.3 is 0 Å². The van der Waals surface area contributed by atoms with Crippen LogP contribution < -0.4 is 0 Å². The van der Waals surface area contributed by atoms with Crippen molar-refractivity contribution in [3.8, 4) is 0 Å². The zero-order valence-corrected chi connectivity index (χ0v) is 18.5. The Kier molecular flexibility index (Phi) is 7.33. The van der Waals surface area contributed by atoms with Crippen molar-refractivity contribution in [2.45, 2.75) is 70.9 Å². The van der Waals surface area contributed by atoms with Crippen molar-refractivity contribution >= 4 is 27.5 Å². The van der Waals surface area contributed by atoms with Gasteiger partial charge in [0.25, 0.3) is 5.91 Å². The van der Waals surface area contributed by atoms with E-state index in [1.807, 2.05) is 4.90 Å². The van der Waals surface area contributed by atoms with Crippen molar-refractivity contribution in [3.05, 3.63) is 28.8 Å². The third-order valence-electron chi connectivity index (χ3n) is 5.58. The van der Waals surface area contributed by atoms with E-state index in [0.29, 0.717) is 24.6 Å². The lowest BCUT2D eigenvalue weighted by Crippen LogP contribution is -2.43. The zero-order chi connectivity index (χ0) is 20.4. The topological polar surface area (TPSA) is 57.7 Å². The average Bonchev–Trinajstić information content (AvgIpc) is 3.46. The Labute approximate surface area is 168 Å². The van der Waals surface area contributed by atoms with Gasteiger partial charge in [-0.1, -0.05) is 45.7 Å². The van der Waals surface area contributed by atoms with Crippen LogP contribution in [0.2, 0.25) is 5.02 Å². The first-order valence-electron chi connectivity index (χ1n) is 9.81. The van der Waals surface area contributed by atoms with E-state index in [2.05, 4.69) is 20.8 Å². The standard InChI is InChI=1S/C20H31ClN2O3S/c1-6-14(4)15(5)23(17-10-11-17)20(24)16-9-12-18(21)19(13-16)27(25,26)22(7-2)8-3/h9,12-15,17H,6-8,10-11H2,1-5H3. The monoisotopic (exact) mass is 414 g/mol. The molecule has 1 aliphatic carbocycles. The molecule has 2 atom stereocenters. The van der Waals surface area contributed by atoms with Crippen molar-refractivity contribution in [3.63, 3.8) is 0 Å². The summed E-state index contributed by atoms with van der Waals surface area (Å²) in [5, 5.41) is 0.145. The summed E-state index contributed by atoms with van der Waals surface area (Å²) in [5.74, 6) is 0.263. The van der Waals surface area contributed by atoms with Gasteiger partial charge in [0.1, 0.15) is 4.90 Å². The van der Waals surface area contributed by atoms with Crippen molar-refractivity contribution in [1.29, 1.82) is 0 Å². The zero-order valence-electron chi connectivity index (χ0n) is 16.9. The first kappa shape index (κ1) is 22.2. The lowest BCUT2D eigenvalue weighted by Gasteiger charge is -2.33. The van der Waals surface area contributed by atoms with E-state index in [1.54, 1.807) is 19.9 Å². The summed E-state index contributed by atoms with van der Waals surface area (Å²) in [6, 6.07) is 4.94. The summed E-state index contributed by atoms with van der Waals surface area (Å²) in [4.78, 5) is 15.2. The van der Waals surface area contributed by atoms with Gasteiger partial charge in [-0.2, -0.15) is 4.31 Å². The number of benzene rings is 1. The molecule has 1 aromatic rings. The van der Waals surface area contributed by atoms with Crippen LogP contribution in [0.4, 0.5) is 0 Å². The van der Waals surface area contributed by atoms with E-state index in [0.717, 1.165) is 19.3 Å². The largest absolute Gasteiger partial charge is 0.333 e. The highest BCUT2D eigenvalue weighted by Gasteiger charge is 2.38. The summed E-state index contributed by atoms with van der Waals surface area (Å²) in [6.45, 7) is 10.6. The van der Waals surface area contributed by atoms with Crippen molar-refractivity contribution in [2.24, 2.45) is 5.92 Å². The van der Waals surface area contributed by atoms with E-state index in [1.165, 1.54) is 16.4 Å². The molecule has 2 rings (SSSR count). The maximum absolute atomic E-state index is 13.3. The van der Waals surface area contributed by atoms with E-state index in [-0.39, 0.29) is 27.9 Å². The first-order valence-corrected chi connectivity index (χ1v) is 11.6. The second kappa shape index (κ2) is 8.93. The molecule has 5 nitrogen and oxygen atoms in total. The van der Waals surface area contributed by atoms with Crippen LogP contribution in [0.15, 0.2) is 23.1 Å². The normalized spacial score (nSPS) is 17.0. The number of hydrogen-bond donors (Lipinski definition) is 0. The molecule has 1 aromatic carbocycles. The van der Waals surface area contributed by atoms with Gasteiger partial charge in [0.05, 0.1) is 5.02 Å². The Morgan fingerprint density at radius 2 is 1.78 bits per heavy atom. The number of sulfonamides is 1. The van der Waals surface area contributed by atoms with Gasteiger partial charge in [-0.15, -0.1) is 0 Å². The summed E-state index contributed by atoms with van der Waals surface area (Å²) in [6.07, 6.45) is 3.00. The highest BCUT2D eigenvalue weighted by molar-refractivity contribution is 7.89. The number of nitrogens with zero attached hydrogens (tertiary/aromatic N) is 2. The number of hydrogen-bond acceptors (Lipinski definition) is 3. The van der Waals surface area contributed by atoms with E-state index >= 15 is 0 Å². The van der Waals surface area contributed by atoms with Crippen molar-refractivity contribution in [1.82, 2.24) is 9.21 Å². The molecule has 0 radical (unpaired) electrons. The molecule has 0 aromatic heterocycles. The number of amides is 1. The third kappa shape index (κ3) is 4.66. The fraction of sp³-hybridized carbons (Fsp3) is 0.650. The molecule has 27 heavy (non-hydrogen) atoms. The van der Waals surface area contributed by atoms with Crippen molar-refractivity contribution in [2.75, 3.05) is 13.1 Å². The Morgan fingerprint density at radius 3 is 2.26 bits per heavy atom. The van der Waals surface area contributed by atoms with Crippen LogP contribution in [0.1, 0.15) is 64.2 Å². The second-order valence-corrected chi connectivity index (χ2v) is 9.62. The van der Waals surface area contributed by atoms with Crippen LogP contribution in [0, 0.1) is 5.92 Å². The SMILES string of the molecule is CCC(C)C(C)N(C(=O)c1ccc(Cl)c(S(=O)(=O)N(CC)CC)c1)C1CC1. The number of carbonyl (C=O) groups is 1. The minimum absolute atomic E-state index is 0.00524. The van der Waals surface area contributed by atoms with Gasteiger partial charge in [-0.05, 0) is 43.9 Å². The number of carbonyl (C=O) groups excluding carboxylic acids is 1. The minimum Gasteiger partial charge on any atom is -0.333 e. The van der Waals surface area contributed by atoms with Gasteiger partial charge in [-0.25, -0.2) is 8.42 Å². The summed E-state index contributed by atoms with van der Waals surface area (Å²) in [5.41, 5.74) is 0.382. The van der Waals surface area contributed by atoms with Crippen LogP contribution >= 0.6 is 11.6 Å². The lowest BCUT2D eigenvalue weighted by molar-refractivity contribution is 0.0615. The molecule has 2 unspecified atom stereocenters. The van der Waals surface area contributed by atoms with Gasteiger partial charge in [0, 0.05) is 30.7 Å². The van der Waals surface area contributed by atoms with Gasteiger partial charge in [0.2, 0.25) is 10.0 Å². The molecule has 0 N–H and O–H groups in total. The Bertz CT molecular complexity index is 773. The Morgan fingerprint density at radius 1 is 1.19 bits per heavy atom. The molecule has 0 spiro atoms. The molecule has 1 amide bonds. The van der Waals surface area contributed by atoms with Gasteiger partial charge in [-0.3, -0.25) is 4.79 Å². The van der Waals surface area contributed by atoms with Crippen LogP contribution in [-0.4, -0.2) is 48.7 Å². The van der Waals surface area contributed by atoms with Gasteiger partial charge in [0.15, 0.2) is 0 Å². The van der Waals surface area contributed by atoms with Crippen LogP contribution in [0.3, 0.4) is 0 Å². The Balaban J connectivity index is 2.43. The molecule has 1 fully saturated rings. The molecule has 7 heteroatoms. The second-order valence-electron chi connectivity index (χ2n) is 7.30. The van der Waals surface area contributed by atoms with Crippen LogP contribution in [0.5, 0.6) is 0 Å². The predicted molar refractivity (Wildman–Crippen MR) is 110 cm³/mol. The molecule has 0 heterocycles. The smallest absolute Gasteiger partial charge is 0.254 e.